The van der Waals surface area contributed by atoms with Gasteiger partial charge < -0.3 is 10.1 Å². The third-order valence-electron chi connectivity index (χ3n) is 3.72. The summed E-state index contributed by atoms with van der Waals surface area (Å²) in [6.07, 6.45) is 0.816. The third-order valence-corrected chi connectivity index (χ3v) is 4.74. The zero-order valence-corrected chi connectivity index (χ0v) is 16.2. The van der Waals surface area contributed by atoms with E-state index in [1.54, 1.807) is 0 Å². The Morgan fingerprint density at radius 1 is 1.11 bits per heavy atom. The first-order valence-electron chi connectivity index (χ1n) is 8.58. The van der Waals surface area contributed by atoms with Gasteiger partial charge in [-0.3, -0.25) is 5.32 Å². The second-order valence-corrected chi connectivity index (χ2v) is 6.98. The summed E-state index contributed by atoms with van der Waals surface area (Å²) in [7, 11) is 0. The van der Waals surface area contributed by atoms with E-state index in [1.807, 2.05) is 60.0 Å². The first-order valence-corrected chi connectivity index (χ1v) is 9.99. The SMILES string of the molecule is O=C(NCc1ccccc1)Nc1nc(-c2ccc(OCCCCl)cc2)cs1. The number of benzene rings is 2. The number of hydrogen-bond acceptors (Lipinski definition) is 4. The van der Waals surface area contributed by atoms with Crippen LogP contribution in [0.2, 0.25) is 0 Å². The number of halogens is 1. The fourth-order valence-electron chi connectivity index (χ4n) is 2.35. The van der Waals surface area contributed by atoms with Crippen molar-refractivity contribution in [1.29, 1.82) is 0 Å². The van der Waals surface area contributed by atoms with E-state index < -0.39 is 0 Å². The van der Waals surface area contributed by atoms with Crippen LogP contribution in [0.15, 0.2) is 60.0 Å². The summed E-state index contributed by atoms with van der Waals surface area (Å²) >= 11 is 7.03. The van der Waals surface area contributed by atoms with E-state index in [2.05, 4.69) is 15.6 Å². The molecule has 2 amide bonds. The van der Waals surface area contributed by atoms with E-state index >= 15 is 0 Å². The van der Waals surface area contributed by atoms with Gasteiger partial charge in [0.2, 0.25) is 0 Å². The molecule has 5 nitrogen and oxygen atoms in total. The molecular weight excluding hydrogens is 382 g/mol. The number of carbonyl (C=O) groups is 1. The Labute approximate surface area is 167 Å². The number of amides is 2. The number of thiazole rings is 1. The minimum absolute atomic E-state index is 0.275. The Hall–Kier alpha value is -2.57. The number of carbonyl (C=O) groups excluding carboxylic acids is 1. The highest BCUT2D eigenvalue weighted by atomic mass is 35.5. The lowest BCUT2D eigenvalue weighted by molar-refractivity contribution is 0.251. The summed E-state index contributed by atoms with van der Waals surface area (Å²) in [5.74, 6) is 1.39. The molecule has 3 aromatic rings. The van der Waals surface area contributed by atoms with E-state index in [1.165, 1.54) is 11.3 Å². The van der Waals surface area contributed by atoms with Crippen LogP contribution in [-0.4, -0.2) is 23.5 Å². The summed E-state index contributed by atoms with van der Waals surface area (Å²) in [5, 5.41) is 8.05. The van der Waals surface area contributed by atoms with Gasteiger partial charge >= 0.3 is 6.03 Å². The largest absolute Gasteiger partial charge is 0.494 e. The summed E-state index contributed by atoms with van der Waals surface area (Å²) < 4.78 is 5.59. The summed E-state index contributed by atoms with van der Waals surface area (Å²) in [4.78, 5) is 16.5. The van der Waals surface area contributed by atoms with Crippen LogP contribution in [0.1, 0.15) is 12.0 Å². The van der Waals surface area contributed by atoms with Gasteiger partial charge in [0.15, 0.2) is 5.13 Å². The van der Waals surface area contributed by atoms with Crippen molar-refractivity contribution in [2.24, 2.45) is 0 Å². The number of ether oxygens (including phenoxy) is 1. The molecular formula is C20H20ClN3O2S. The first-order chi connectivity index (χ1) is 13.2. The molecule has 140 valence electrons. The lowest BCUT2D eigenvalue weighted by Crippen LogP contribution is -2.28. The van der Waals surface area contributed by atoms with Crippen molar-refractivity contribution in [3.8, 4) is 17.0 Å². The third kappa shape index (κ3) is 5.98. The second kappa shape index (κ2) is 9.94. The number of hydrogen-bond donors (Lipinski definition) is 2. The number of nitrogens with zero attached hydrogens (tertiary/aromatic N) is 1. The second-order valence-electron chi connectivity index (χ2n) is 5.75. The van der Waals surface area contributed by atoms with E-state index in [0.717, 1.165) is 29.0 Å². The highest BCUT2D eigenvalue weighted by Crippen LogP contribution is 2.26. The molecule has 1 aromatic heterocycles. The molecule has 3 rings (SSSR count). The Kier molecular flexibility index (Phi) is 7.07. The van der Waals surface area contributed by atoms with Gasteiger partial charge in [-0.1, -0.05) is 30.3 Å². The molecule has 27 heavy (non-hydrogen) atoms. The molecule has 0 saturated heterocycles. The molecule has 0 aliphatic rings. The molecule has 0 bridgehead atoms. The molecule has 0 spiro atoms. The maximum atomic E-state index is 12.0. The summed E-state index contributed by atoms with van der Waals surface area (Å²) in [6.45, 7) is 1.07. The van der Waals surface area contributed by atoms with Crippen LogP contribution < -0.4 is 15.4 Å². The van der Waals surface area contributed by atoms with Crippen LogP contribution in [0.5, 0.6) is 5.75 Å². The smallest absolute Gasteiger partial charge is 0.321 e. The van der Waals surface area contributed by atoms with Crippen molar-refractivity contribution in [3.63, 3.8) is 0 Å². The van der Waals surface area contributed by atoms with Gasteiger partial charge in [-0.2, -0.15) is 0 Å². The Morgan fingerprint density at radius 3 is 2.63 bits per heavy atom. The minimum atomic E-state index is -0.275. The average Bonchev–Trinajstić information content (AvgIpc) is 3.16. The van der Waals surface area contributed by atoms with E-state index in [-0.39, 0.29) is 6.03 Å². The lowest BCUT2D eigenvalue weighted by atomic mass is 10.2. The Morgan fingerprint density at radius 2 is 1.89 bits per heavy atom. The number of alkyl halides is 1. The van der Waals surface area contributed by atoms with Gasteiger partial charge in [-0.25, -0.2) is 9.78 Å². The van der Waals surface area contributed by atoms with Crippen molar-refractivity contribution in [3.05, 3.63) is 65.5 Å². The van der Waals surface area contributed by atoms with Crippen LogP contribution >= 0.6 is 22.9 Å². The van der Waals surface area contributed by atoms with Crippen molar-refractivity contribution in [1.82, 2.24) is 10.3 Å². The normalized spacial score (nSPS) is 10.4. The predicted molar refractivity (Wildman–Crippen MR) is 111 cm³/mol. The molecule has 0 atom stereocenters. The molecule has 0 aliphatic carbocycles. The fraction of sp³-hybridized carbons (Fsp3) is 0.200. The van der Waals surface area contributed by atoms with E-state index in [9.17, 15) is 4.79 Å². The van der Waals surface area contributed by atoms with Gasteiger partial charge in [0.1, 0.15) is 5.75 Å². The van der Waals surface area contributed by atoms with Crippen molar-refractivity contribution >= 4 is 34.1 Å². The Balaban J connectivity index is 1.52. The molecule has 0 fully saturated rings. The number of aromatic nitrogens is 1. The van der Waals surface area contributed by atoms with Crippen LogP contribution in [0.3, 0.4) is 0 Å². The predicted octanol–water partition coefficient (Wildman–Crippen LogP) is 5.14. The monoisotopic (exact) mass is 401 g/mol. The molecule has 0 aliphatic heterocycles. The first kappa shape index (κ1) is 19.2. The minimum Gasteiger partial charge on any atom is -0.494 e. The standard InChI is InChI=1S/C20H20ClN3O2S/c21-11-4-12-26-17-9-7-16(8-10-17)18-14-27-20(23-18)24-19(25)22-13-15-5-2-1-3-6-15/h1-3,5-10,14H,4,11-13H2,(H2,22,23,24,25). The molecule has 0 saturated carbocycles. The number of nitrogens with one attached hydrogen (secondary N) is 2. The molecule has 0 unspecified atom stereocenters. The van der Waals surface area contributed by atoms with Crippen molar-refractivity contribution in [2.75, 3.05) is 17.8 Å². The highest BCUT2D eigenvalue weighted by molar-refractivity contribution is 7.14. The maximum Gasteiger partial charge on any atom is 0.321 e. The van der Waals surface area contributed by atoms with Gasteiger partial charge in [-0.05, 0) is 36.2 Å². The van der Waals surface area contributed by atoms with Gasteiger partial charge in [-0.15, -0.1) is 22.9 Å². The molecule has 7 heteroatoms. The van der Waals surface area contributed by atoms with Gasteiger partial charge in [0, 0.05) is 23.4 Å². The maximum absolute atomic E-state index is 12.0. The Bertz CT molecular complexity index is 853. The highest BCUT2D eigenvalue weighted by Gasteiger charge is 2.08. The fourth-order valence-corrected chi connectivity index (χ4v) is 3.17. The lowest BCUT2D eigenvalue weighted by Gasteiger charge is -2.06. The quantitative estimate of drug-likeness (QED) is 0.405. The van der Waals surface area contributed by atoms with Crippen molar-refractivity contribution < 1.29 is 9.53 Å². The van der Waals surface area contributed by atoms with Crippen molar-refractivity contribution in [2.45, 2.75) is 13.0 Å². The summed E-state index contributed by atoms with van der Waals surface area (Å²) in [6, 6.07) is 17.2. The zero-order valence-electron chi connectivity index (χ0n) is 14.7. The number of rotatable bonds is 8. The molecule has 2 aromatic carbocycles. The van der Waals surface area contributed by atoms with Gasteiger partial charge in [0.25, 0.3) is 0 Å². The van der Waals surface area contributed by atoms with Crippen LogP contribution in [-0.2, 0) is 6.54 Å². The van der Waals surface area contributed by atoms with Crippen LogP contribution in [0, 0.1) is 0 Å². The van der Waals surface area contributed by atoms with E-state index in [0.29, 0.717) is 24.2 Å². The van der Waals surface area contributed by atoms with Crippen LogP contribution in [0.4, 0.5) is 9.93 Å². The average molecular weight is 402 g/mol. The molecule has 0 radical (unpaired) electrons. The summed E-state index contributed by atoms with van der Waals surface area (Å²) in [5.41, 5.74) is 2.82. The zero-order chi connectivity index (χ0) is 18.9. The number of urea groups is 1. The molecule has 1 heterocycles. The number of anilines is 1. The topological polar surface area (TPSA) is 63.2 Å². The van der Waals surface area contributed by atoms with E-state index in [4.69, 9.17) is 16.3 Å². The molecule has 2 N–H and O–H groups in total. The van der Waals surface area contributed by atoms with Crippen LogP contribution in [0.25, 0.3) is 11.3 Å². The van der Waals surface area contributed by atoms with Gasteiger partial charge in [0.05, 0.1) is 12.3 Å².